The molecule has 0 saturated heterocycles. The Morgan fingerprint density at radius 3 is 2.40 bits per heavy atom. The highest BCUT2D eigenvalue weighted by Crippen LogP contribution is 2.20. The zero-order chi connectivity index (χ0) is 21.3. The second-order valence-electron chi connectivity index (χ2n) is 7.17. The number of ketones is 1. The van der Waals surface area contributed by atoms with Crippen molar-refractivity contribution in [1.29, 1.82) is 0 Å². The Kier molecular flexibility index (Phi) is 7.80. The summed E-state index contributed by atoms with van der Waals surface area (Å²) in [6.45, 7) is 0.134. The van der Waals surface area contributed by atoms with Gasteiger partial charge in [0.05, 0.1) is 5.56 Å². The zero-order valence-corrected chi connectivity index (χ0v) is 17.4. The minimum atomic E-state index is -0.710. The largest absolute Gasteiger partial charge is 0.452 e. The Bertz CT molecular complexity index is 950. The summed E-state index contributed by atoms with van der Waals surface area (Å²) < 4.78 is 5.14. The average molecular weight is 426 g/mol. The van der Waals surface area contributed by atoms with E-state index in [1.165, 1.54) is 24.5 Å². The normalized spacial score (nSPS) is 13.3. The summed E-state index contributed by atoms with van der Waals surface area (Å²) in [6, 6.07) is 12.8. The third-order valence-corrected chi connectivity index (χ3v) is 5.24. The van der Waals surface area contributed by atoms with Crippen molar-refractivity contribution in [2.75, 3.05) is 13.2 Å². The van der Waals surface area contributed by atoms with E-state index < -0.39 is 5.97 Å². The van der Waals surface area contributed by atoms with Gasteiger partial charge in [-0.05, 0) is 62.4 Å². The minimum absolute atomic E-state index is 0.123. The molecule has 0 fully saturated rings. The van der Waals surface area contributed by atoms with Gasteiger partial charge in [0, 0.05) is 22.7 Å². The van der Waals surface area contributed by atoms with E-state index in [-0.39, 0.29) is 29.4 Å². The van der Waals surface area contributed by atoms with Crippen LogP contribution in [-0.4, -0.2) is 30.8 Å². The van der Waals surface area contributed by atoms with Crippen molar-refractivity contribution in [1.82, 2.24) is 5.32 Å². The second kappa shape index (κ2) is 10.7. The molecule has 0 heterocycles. The first-order valence-electron chi connectivity index (χ1n) is 10.1. The predicted molar refractivity (Wildman–Crippen MR) is 116 cm³/mol. The molecule has 30 heavy (non-hydrogen) atoms. The number of benzene rings is 2. The number of carbonyl (C=O) groups excluding carboxylic acids is 3. The number of hydrogen-bond donors (Lipinski definition) is 1. The molecule has 1 aliphatic carbocycles. The molecular formula is C24H24ClNO4. The molecule has 0 radical (unpaired) electrons. The third-order valence-electron chi connectivity index (χ3n) is 4.99. The molecule has 5 nitrogen and oxygen atoms in total. The fourth-order valence-corrected chi connectivity index (χ4v) is 3.50. The topological polar surface area (TPSA) is 72.5 Å². The Hall–Kier alpha value is -2.92. The number of esters is 1. The Labute approximate surface area is 181 Å². The van der Waals surface area contributed by atoms with Crippen molar-refractivity contribution in [3.05, 3.63) is 81.9 Å². The molecule has 6 heteroatoms. The standard InChI is InChI=1S/C24H24ClNO4/c25-19-12-10-18(11-13-19)23(28)20-8-4-5-9-21(20)24(29)30-16-22(27)26-15-14-17-6-2-1-3-7-17/h4-6,8-13H,1-3,7,14-16H2,(H,26,27). The first-order chi connectivity index (χ1) is 14.5. The number of carbonyl (C=O) groups is 3. The predicted octanol–water partition coefficient (Wildman–Crippen LogP) is 4.73. The van der Waals surface area contributed by atoms with E-state index >= 15 is 0 Å². The highest BCUT2D eigenvalue weighted by atomic mass is 35.5. The number of amides is 1. The van der Waals surface area contributed by atoms with Gasteiger partial charge in [0.1, 0.15) is 0 Å². The second-order valence-corrected chi connectivity index (χ2v) is 7.60. The van der Waals surface area contributed by atoms with Gasteiger partial charge in [-0.3, -0.25) is 9.59 Å². The molecule has 1 aliphatic rings. The number of hydrogen-bond acceptors (Lipinski definition) is 4. The van der Waals surface area contributed by atoms with Crippen LogP contribution in [0.15, 0.2) is 60.2 Å². The van der Waals surface area contributed by atoms with E-state index in [9.17, 15) is 14.4 Å². The average Bonchev–Trinajstić information content (AvgIpc) is 2.78. The van der Waals surface area contributed by atoms with Crippen LogP contribution in [0.1, 0.15) is 58.4 Å². The molecule has 1 amide bonds. The Morgan fingerprint density at radius 2 is 1.70 bits per heavy atom. The molecule has 0 bridgehead atoms. The molecule has 2 aromatic rings. The van der Waals surface area contributed by atoms with Gasteiger partial charge in [-0.1, -0.05) is 41.4 Å². The van der Waals surface area contributed by atoms with Crippen LogP contribution in [0.5, 0.6) is 0 Å². The van der Waals surface area contributed by atoms with Crippen molar-refractivity contribution >= 4 is 29.3 Å². The number of ether oxygens (including phenoxy) is 1. The molecule has 0 atom stereocenters. The molecule has 156 valence electrons. The highest BCUT2D eigenvalue weighted by Gasteiger charge is 2.20. The van der Waals surface area contributed by atoms with Crippen LogP contribution >= 0.6 is 11.6 Å². The summed E-state index contributed by atoms with van der Waals surface area (Å²) in [5.74, 6) is -1.39. The quantitative estimate of drug-likeness (QED) is 0.377. The molecule has 0 aliphatic heterocycles. The number of nitrogens with one attached hydrogen (secondary N) is 1. The number of allylic oxidation sites excluding steroid dienone is 1. The van der Waals surface area contributed by atoms with Crippen LogP contribution in [0.2, 0.25) is 5.02 Å². The van der Waals surface area contributed by atoms with Gasteiger partial charge in [-0.2, -0.15) is 0 Å². The van der Waals surface area contributed by atoms with E-state index in [0.717, 1.165) is 19.3 Å². The molecule has 1 N–H and O–H groups in total. The maximum atomic E-state index is 12.8. The number of halogens is 1. The van der Waals surface area contributed by atoms with Crippen LogP contribution in [-0.2, 0) is 9.53 Å². The first kappa shape index (κ1) is 21.8. The maximum absolute atomic E-state index is 12.8. The minimum Gasteiger partial charge on any atom is -0.452 e. The summed E-state index contributed by atoms with van der Waals surface area (Å²) in [5, 5.41) is 3.29. The van der Waals surface area contributed by atoms with Crippen LogP contribution in [0.3, 0.4) is 0 Å². The Balaban J connectivity index is 1.55. The molecule has 0 spiro atoms. The van der Waals surface area contributed by atoms with Crippen molar-refractivity contribution in [3.8, 4) is 0 Å². The molecule has 0 unspecified atom stereocenters. The van der Waals surface area contributed by atoms with Gasteiger partial charge in [0.2, 0.25) is 0 Å². The summed E-state index contributed by atoms with van der Waals surface area (Å²) in [6.07, 6.45) is 7.68. The van der Waals surface area contributed by atoms with Crippen molar-refractivity contribution in [2.24, 2.45) is 0 Å². The molecule has 0 aromatic heterocycles. The maximum Gasteiger partial charge on any atom is 0.339 e. The first-order valence-corrected chi connectivity index (χ1v) is 10.4. The molecule has 3 rings (SSSR count). The van der Waals surface area contributed by atoms with Crippen molar-refractivity contribution < 1.29 is 19.1 Å². The van der Waals surface area contributed by atoms with E-state index in [1.54, 1.807) is 42.5 Å². The van der Waals surface area contributed by atoms with Crippen molar-refractivity contribution in [3.63, 3.8) is 0 Å². The van der Waals surface area contributed by atoms with Gasteiger partial charge < -0.3 is 10.1 Å². The van der Waals surface area contributed by atoms with Crippen molar-refractivity contribution in [2.45, 2.75) is 32.1 Å². The van der Waals surface area contributed by atoms with Gasteiger partial charge >= 0.3 is 5.97 Å². The van der Waals surface area contributed by atoms with Gasteiger partial charge in [-0.15, -0.1) is 0 Å². The highest BCUT2D eigenvalue weighted by molar-refractivity contribution is 6.30. The van der Waals surface area contributed by atoms with E-state index in [4.69, 9.17) is 16.3 Å². The summed E-state index contributed by atoms with van der Waals surface area (Å²) >= 11 is 5.87. The zero-order valence-electron chi connectivity index (χ0n) is 16.7. The molecule has 0 saturated carbocycles. The molecule has 2 aromatic carbocycles. The smallest absolute Gasteiger partial charge is 0.339 e. The van der Waals surface area contributed by atoms with Crippen LogP contribution in [0.4, 0.5) is 0 Å². The van der Waals surface area contributed by atoms with Gasteiger partial charge in [-0.25, -0.2) is 4.79 Å². The lowest BCUT2D eigenvalue weighted by atomic mass is 9.97. The van der Waals surface area contributed by atoms with E-state index in [0.29, 0.717) is 17.1 Å². The van der Waals surface area contributed by atoms with Crippen LogP contribution < -0.4 is 5.32 Å². The lowest BCUT2D eigenvalue weighted by molar-refractivity contribution is -0.124. The van der Waals surface area contributed by atoms with E-state index in [2.05, 4.69) is 11.4 Å². The third kappa shape index (κ3) is 6.04. The fraction of sp³-hybridized carbons (Fsp3) is 0.292. The SMILES string of the molecule is O=C(COC(=O)c1ccccc1C(=O)c1ccc(Cl)cc1)NCCC1=CCCCC1. The summed E-state index contributed by atoms with van der Waals surface area (Å²) in [5.41, 5.74) is 2.12. The summed E-state index contributed by atoms with van der Waals surface area (Å²) in [7, 11) is 0. The lowest BCUT2D eigenvalue weighted by Gasteiger charge is -2.13. The number of rotatable bonds is 8. The van der Waals surface area contributed by atoms with Crippen LogP contribution in [0, 0.1) is 0 Å². The Morgan fingerprint density at radius 1 is 0.967 bits per heavy atom. The summed E-state index contributed by atoms with van der Waals surface area (Å²) in [4.78, 5) is 37.3. The van der Waals surface area contributed by atoms with Gasteiger partial charge in [0.15, 0.2) is 12.4 Å². The molecular weight excluding hydrogens is 402 g/mol. The lowest BCUT2D eigenvalue weighted by Crippen LogP contribution is -2.30. The van der Waals surface area contributed by atoms with E-state index in [1.807, 2.05) is 0 Å². The van der Waals surface area contributed by atoms with Gasteiger partial charge in [0.25, 0.3) is 5.91 Å². The van der Waals surface area contributed by atoms with Crippen LogP contribution in [0.25, 0.3) is 0 Å². The fourth-order valence-electron chi connectivity index (χ4n) is 3.37. The monoisotopic (exact) mass is 425 g/mol.